The van der Waals surface area contributed by atoms with Gasteiger partial charge in [0.25, 0.3) is 5.56 Å². The largest absolute Gasteiger partial charge is 0.485 e. The molecule has 6 nitrogen and oxygen atoms in total. The van der Waals surface area contributed by atoms with E-state index >= 15 is 0 Å². The van der Waals surface area contributed by atoms with Crippen molar-refractivity contribution >= 4 is 17.2 Å². The minimum Gasteiger partial charge on any atom is -0.485 e. The quantitative estimate of drug-likeness (QED) is 0.355. The van der Waals surface area contributed by atoms with Gasteiger partial charge in [0.1, 0.15) is 12.3 Å². The molecule has 0 saturated carbocycles. The van der Waals surface area contributed by atoms with E-state index < -0.39 is 0 Å². The standard InChI is InChI=1S/C26H21ClN4O2/c1-17-15-22(29-31(17)21-7-4-3-5-8-21)24-18(2)28-25-23(9-6-14-30(25)26(24)32)33-16-19-10-12-20(27)13-11-19/h3-15H,16H2,1-2H3. The smallest absolute Gasteiger partial charge is 0.267 e. The van der Waals surface area contributed by atoms with E-state index in [1.807, 2.05) is 85.3 Å². The molecule has 164 valence electrons. The normalized spacial score (nSPS) is 11.1. The first kappa shape index (κ1) is 21.0. The predicted molar refractivity (Wildman–Crippen MR) is 129 cm³/mol. The highest BCUT2D eigenvalue weighted by Crippen LogP contribution is 2.24. The van der Waals surface area contributed by atoms with Gasteiger partial charge in [-0.3, -0.25) is 9.20 Å². The van der Waals surface area contributed by atoms with E-state index in [2.05, 4.69) is 0 Å². The molecule has 0 aliphatic heterocycles. The molecule has 0 aliphatic rings. The molecular weight excluding hydrogens is 436 g/mol. The van der Waals surface area contributed by atoms with Crippen molar-refractivity contribution in [2.75, 3.05) is 0 Å². The molecule has 0 amide bonds. The molecule has 0 saturated heterocycles. The SMILES string of the molecule is Cc1nc2c(OCc3ccc(Cl)cc3)cccn2c(=O)c1-c1cc(C)n(-c2ccccc2)n1. The molecule has 5 aromatic rings. The summed E-state index contributed by atoms with van der Waals surface area (Å²) >= 11 is 5.96. The van der Waals surface area contributed by atoms with Crippen molar-refractivity contribution in [3.63, 3.8) is 0 Å². The Morgan fingerprint density at radius 1 is 0.970 bits per heavy atom. The molecule has 2 aromatic carbocycles. The van der Waals surface area contributed by atoms with E-state index in [-0.39, 0.29) is 5.56 Å². The fourth-order valence-electron chi connectivity index (χ4n) is 3.82. The van der Waals surface area contributed by atoms with Crippen molar-refractivity contribution < 1.29 is 4.74 Å². The maximum atomic E-state index is 13.5. The Balaban J connectivity index is 1.55. The predicted octanol–water partition coefficient (Wildman–Crippen LogP) is 5.40. The van der Waals surface area contributed by atoms with Crippen LogP contribution in [-0.4, -0.2) is 19.2 Å². The van der Waals surface area contributed by atoms with Gasteiger partial charge < -0.3 is 4.74 Å². The molecule has 3 heterocycles. The van der Waals surface area contributed by atoms with Gasteiger partial charge in [-0.05, 0) is 61.9 Å². The first-order valence-electron chi connectivity index (χ1n) is 10.5. The van der Waals surface area contributed by atoms with Crippen LogP contribution in [0.15, 0.2) is 83.8 Å². The van der Waals surface area contributed by atoms with Crippen LogP contribution in [0.25, 0.3) is 22.6 Å². The van der Waals surface area contributed by atoms with E-state index in [0.29, 0.717) is 40.0 Å². The van der Waals surface area contributed by atoms with Gasteiger partial charge in [0.05, 0.1) is 16.9 Å². The second-order valence-corrected chi connectivity index (χ2v) is 8.21. The van der Waals surface area contributed by atoms with Crippen molar-refractivity contribution in [3.05, 3.63) is 111 Å². The summed E-state index contributed by atoms with van der Waals surface area (Å²) in [6.07, 6.45) is 1.70. The van der Waals surface area contributed by atoms with Crippen LogP contribution in [0.2, 0.25) is 5.02 Å². The second-order valence-electron chi connectivity index (χ2n) is 7.78. The molecule has 0 N–H and O–H groups in total. The van der Waals surface area contributed by atoms with Crippen LogP contribution in [0.1, 0.15) is 17.0 Å². The monoisotopic (exact) mass is 456 g/mol. The Morgan fingerprint density at radius 3 is 2.48 bits per heavy atom. The van der Waals surface area contributed by atoms with Crippen molar-refractivity contribution in [2.45, 2.75) is 20.5 Å². The summed E-state index contributed by atoms with van der Waals surface area (Å²) < 4.78 is 9.34. The number of aromatic nitrogens is 4. The summed E-state index contributed by atoms with van der Waals surface area (Å²) in [6, 6.07) is 22.8. The highest BCUT2D eigenvalue weighted by molar-refractivity contribution is 6.30. The van der Waals surface area contributed by atoms with Gasteiger partial charge in [-0.1, -0.05) is 41.9 Å². The molecule has 0 bridgehead atoms. The lowest BCUT2D eigenvalue weighted by molar-refractivity contribution is 0.308. The van der Waals surface area contributed by atoms with Crippen LogP contribution in [0, 0.1) is 13.8 Å². The van der Waals surface area contributed by atoms with Crippen molar-refractivity contribution in [2.24, 2.45) is 0 Å². The van der Waals surface area contributed by atoms with Crippen molar-refractivity contribution in [1.29, 1.82) is 0 Å². The summed E-state index contributed by atoms with van der Waals surface area (Å²) in [5.74, 6) is 0.533. The number of aryl methyl sites for hydroxylation is 2. The number of para-hydroxylation sites is 1. The summed E-state index contributed by atoms with van der Waals surface area (Å²) in [5, 5.41) is 5.38. The lowest BCUT2D eigenvalue weighted by Crippen LogP contribution is -2.19. The molecule has 0 unspecified atom stereocenters. The van der Waals surface area contributed by atoms with Gasteiger partial charge in [-0.15, -0.1) is 0 Å². The fourth-order valence-corrected chi connectivity index (χ4v) is 3.95. The van der Waals surface area contributed by atoms with Crippen LogP contribution in [0.5, 0.6) is 5.75 Å². The maximum absolute atomic E-state index is 13.5. The van der Waals surface area contributed by atoms with E-state index in [9.17, 15) is 4.79 Å². The van der Waals surface area contributed by atoms with Gasteiger partial charge in [0.2, 0.25) is 0 Å². The first-order valence-corrected chi connectivity index (χ1v) is 10.9. The molecule has 0 aliphatic carbocycles. The Morgan fingerprint density at radius 2 is 1.73 bits per heavy atom. The maximum Gasteiger partial charge on any atom is 0.267 e. The van der Waals surface area contributed by atoms with Gasteiger partial charge in [0.15, 0.2) is 11.4 Å². The first-order chi connectivity index (χ1) is 16.0. The summed E-state index contributed by atoms with van der Waals surface area (Å²) in [5.41, 5.74) is 4.78. The zero-order chi connectivity index (χ0) is 22.9. The number of benzene rings is 2. The summed E-state index contributed by atoms with van der Waals surface area (Å²) in [7, 11) is 0. The Kier molecular flexibility index (Phi) is 5.44. The number of nitrogens with zero attached hydrogens (tertiary/aromatic N) is 4. The molecule has 7 heteroatoms. The molecule has 0 fully saturated rings. The molecular formula is C26H21ClN4O2. The topological polar surface area (TPSA) is 61.4 Å². The summed E-state index contributed by atoms with van der Waals surface area (Å²) in [4.78, 5) is 18.2. The molecule has 0 radical (unpaired) electrons. The minimum absolute atomic E-state index is 0.188. The number of rotatable bonds is 5. The van der Waals surface area contributed by atoms with Crippen LogP contribution in [-0.2, 0) is 6.61 Å². The Labute approximate surface area is 195 Å². The minimum atomic E-state index is -0.188. The van der Waals surface area contributed by atoms with Crippen molar-refractivity contribution in [3.8, 4) is 22.7 Å². The average Bonchev–Trinajstić information content (AvgIpc) is 3.20. The van der Waals surface area contributed by atoms with Crippen LogP contribution >= 0.6 is 11.6 Å². The van der Waals surface area contributed by atoms with Gasteiger partial charge in [-0.25, -0.2) is 9.67 Å². The highest BCUT2D eigenvalue weighted by Gasteiger charge is 2.18. The summed E-state index contributed by atoms with van der Waals surface area (Å²) in [6.45, 7) is 4.13. The van der Waals surface area contributed by atoms with E-state index in [4.69, 9.17) is 26.4 Å². The lowest BCUT2D eigenvalue weighted by atomic mass is 10.1. The number of fused-ring (bicyclic) bond motifs is 1. The van der Waals surface area contributed by atoms with E-state index in [0.717, 1.165) is 16.9 Å². The molecule has 5 rings (SSSR count). The average molecular weight is 457 g/mol. The van der Waals surface area contributed by atoms with Gasteiger partial charge in [0, 0.05) is 16.9 Å². The Bertz CT molecular complexity index is 1510. The van der Waals surface area contributed by atoms with E-state index in [1.54, 1.807) is 12.3 Å². The zero-order valence-electron chi connectivity index (χ0n) is 18.2. The second kappa shape index (κ2) is 8.56. The third-order valence-corrected chi connectivity index (χ3v) is 5.70. The van der Waals surface area contributed by atoms with Gasteiger partial charge in [-0.2, -0.15) is 5.10 Å². The fraction of sp³-hybridized carbons (Fsp3) is 0.115. The third-order valence-electron chi connectivity index (χ3n) is 5.45. The zero-order valence-corrected chi connectivity index (χ0v) is 19.0. The van der Waals surface area contributed by atoms with Gasteiger partial charge >= 0.3 is 0 Å². The van der Waals surface area contributed by atoms with Crippen LogP contribution in [0.3, 0.4) is 0 Å². The molecule has 3 aromatic heterocycles. The molecule has 0 atom stereocenters. The highest BCUT2D eigenvalue weighted by atomic mass is 35.5. The van der Waals surface area contributed by atoms with E-state index in [1.165, 1.54) is 4.40 Å². The van der Waals surface area contributed by atoms with Crippen LogP contribution in [0.4, 0.5) is 0 Å². The van der Waals surface area contributed by atoms with Crippen LogP contribution < -0.4 is 10.3 Å². The number of pyridine rings is 1. The third kappa shape index (κ3) is 4.01. The number of hydrogen-bond acceptors (Lipinski definition) is 4. The van der Waals surface area contributed by atoms with Crippen molar-refractivity contribution in [1.82, 2.24) is 19.2 Å². The molecule has 33 heavy (non-hydrogen) atoms. The lowest BCUT2D eigenvalue weighted by Gasteiger charge is -2.11. The number of halogens is 1. The molecule has 0 spiro atoms. The number of ether oxygens (including phenoxy) is 1. The number of hydrogen-bond donors (Lipinski definition) is 0. The Hall–Kier alpha value is -3.90.